The highest BCUT2D eigenvalue weighted by Crippen LogP contribution is 2.21. The van der Waals surface area contributed by atoms with Crippen molar-refractivity contribution in [2.45, 2.75) is 19.4 Å². The maximum Gasteiger partial charge on any atom is 0.224 e. The Morgan fingerprint density at radius 1 is 1.58 bits per heavy atom. The molecule has 1 amide bonds. The van der Waals surface area contributed by atoms with Crippen molar-refractivity contribution >= 4 is 11.6 Å². The molecule has 2 rings (SSSR count). The molecule has 0 bridgehead atoms. The molecule has 1 aromatic carbocycles. The zero-order chi connectivity index (χ0) is 13.8. The van der Waals surface area contributed by atoms with E-state index < -0.39 is 0 Å². The van der Waals surface area contributed by atoms with Crippen LogP contribution in [0.15, 0.2) is 18.2 Å². The minimum Gasteiger partial charge on any atom is -0.398 e. The van der Waals surface area contributed by atoms with E-state index in [2.05, 4.69) is 10.2 Å². The molecule has 1 aromatic rings. The SMILES string of the molecule is CNC(=O)C1CCCN(Cc2cc(F)ccc2N)C1. The number of carbonyl (C=O) groups excluding carboxylic acids is 1. The van der Waals surface area contributed by atoms with Gasteiger partial charge < -0.3 is 11.1 Å². The van der Waals surface area contributed by atoms with E-state index >= 15 is 0 Å². The van der Waals surface area contributed by atoms with Crippen molar-refractivity contribution in [3.63, 3.8) is 0 Å². The molecule has 104 valence electrons. The summed E-state index contributed by atoms with van der Waals surface area (Å²) in [6.07, 6.45) is 1.89. The summed E-state index contributed by atoms with van der Waals surface area (Å²) in [5.41, 5.74) is 7.24. The lowest BCUT2D eigenvalue weighted by Crippen LogP contribution is -2.41. The second-order valence-corrected chi connectivity index (χ2v) is 5.03. The van der Waals surface area contributed by atoms with E-state index in [1.165, 1.54) is 12.1 Å². The van der Waals surface area contributed by atoms with E-state index in [0.717, 1.165) is 24.9 Å². The Labute approximate surface area is 112 Å². The van der Waals surface area contributed by atoms with Crippen LogP contribution in [0, 0.1) is 11.7 Å². The normalized spacial score (nSPS) is 20.2. The van der Waals surface area contributed by atoms with Crippen LogP contribution in [0.2, 0.25) is 0 Å². The van der Waals surface area contributed by atoms with E-state index in [1.807, 2.05) is 0 Å². The lowest BCUT2D eigenvalue weighted by atomic mass is 9.96. The van der Waals surface area contributed by atoms with Gasteiger partial charge in [0.1, 0.15) is 5.82 Å². The summed E-state index contributed by atoms with van der Waals surface area (Å²) in [5.74, 6) is -0.172. The third-order valence-corrected chi connectivity index (χ3v) is 3.62. The van der Waals surface area contributed by atoms with Gasteiger partial charge in [0.2, 0.25) is 5.91 Å². The summed E-state index contributed by atoms with van der Waals surface area (Å²) < 4.78 is 13.2. The second kappa shape index (κ2) is 6.02. The van der Waals surface area contributed by atoms with E-state index in [9.17, 15) is 9.18 Å². The fourth-order valence-electron chi connectivity index (χ4n) is 2.57. The van der Waals surface area contributed by atoms with Gasteiger partial charge >= 0.3 is 0 Å². The minimum absolute atomic E-state index is 0.0218. The van der Waals surface area contributed by atoms with E-state index in [-0.39, 0.29) is 17.6 Å². The lowest BCUT2D eigenvalue weighted by Gasteiger charge is -2.32. The van der Waals surface area contributed by atoms with Crippen molar-refractivity contribution in [3.8, 4) is 0 Å². The predicted octanol–water partition coefficient (Wildman–Crippen LogP) is 1.37. The van der Waals surface area contributed by atoms with Crippen molar-refractivity contribution in [3.05, 3.63) is 29.6 Å². The molecule has 5 heteroatoms. The number of hydrogen-bond donors (Lipinski definition) is 2. The number of rotatable bonds is 3. The highest BCUT2D eigenvalue weighted by atomic mass is 19.1. The number of likely N-dealkylation sites (tertiary alicyclic amines) is 1. The van der Waals surface area contributed by atoms with Gasteiger partial charge in [0.15, 0.2) is 0 Å². The third kappa shape index (κ3) is 3.44. The number of nitrogens with two attached hydrogens (primary N) is 1. The Bertz CT molecular complexity index is 464. The maximum atomic E-state index is 13.2. The first-order chi connectivity index (χ1) is 9.10. The largest absolute Gasteiger partial charge is 0.398 e. The molecule has 1 fully saturated rings. The zero-order valence-corrected chi connectivity index (χ0v) is 11.2. The lowest BCUT2D eigenvalue weighted by molar-refractivity contribution is -0.126. The smallest absolute Gasteiger partial charge is 0.224 e. The van der Waals surface area contributed by atoms with Gasteiger partial charge in [-0.25, -0.2) is 4.39 Å². The van der Waals surface area contributed by atoms with Gasteiger partial charge in [0, 0.05) is 25.8 Å². The first-order valence-corrected chi connectivity index (χ1v) is 6.58. The number of piperidine rings is 1. The number of anilines is 1. The number of nitrogens with zero attached hydrogens (tertiary/aromatic N) is 1. The summed E-state index contributed by atoms with van der Waals surface area (Å²) in [6, 6.07) is 4.42. The van der Waals surface area contributed by atoms with Crippen molar-refractivity contribution in [1.29, 1.82) is 0 Å². The minimum atomic E-state index is -0.274. The summed E-state index contributed by atoms with van der Waals surface area (Å²) in [5, 5.41) is 2.69. The first kappa shape index (κ1) is 13.8. The predicted molar refractivity (Wildman–Crippen MR) is 72.9 cm³/mol. The van der Waals surface area contributed by atoms with Gasteiger partial charge in [-0.15, -0.1) is 0 Å². The molecule has 1 heterocycles. The Morgan fingerprint density at radius 2 is 2.37 bits per heavy atom. The molecule has 0 radical (unpaired) electrons. The van der Waals surface area contributed by atoms with Crippen molar-refractivity contribution in [2.75, 3.05) is 25.9 Å². The molecule has 1 atom stereocenters. The highest BCUT2D eigenvalue weighted by molar-refractivity contribution is 5.78. The number of nitrogens with one attached hydrogen (secondary N) is 1. The molecule has 0 spiro atoms. The van der Waals surface area contributed by atoms with E-state index in [0.29, 0.717) is 18.8 Å². The Balaban J connectivity index is 2.02. The van der Waals surface area contributed by atoms with Crippen LogP contribution in [-0.2, 0) is 11.3 Å². The maximum absolute atomic E-state index is 13.2. The number of carbonyl (C=O) groups is 1. The fourth-order valence-corrected chi connectivity index (χ4v) is 2.57. The highest BCUT2D eigenvalue weighted by Gasteiger charge is 2.25. The molecular weight excluding hydrogens is 245 g/mol. The fraction of sp³-hybridized carbons (Fsp3) is 0.500. The first-order valence-electron chi connectivity index (χ1n) is 6.58. The van der Waals surface area contributed by atoms with Crippen LogP contribution in [0.1, 0.15) is 18.4 Å². The number of halogens is 1. The zero-order valence-electron chi connectivity index (χ0n) is 11.2. The Morgan fingerprint density at radius 3 is 3.11 bits per heavy atom. The van der Waals surface area contributed by atoms with Crippen LogP contribution in [0.3, 0.4) is 0 Å². The molecule has 1 unspecified atom stereocenters. The quantitative estimate of drug-likeness (QED) is 0.811. The molecule has 1 saturated heterocycles. The molecule has 3 N–H and O–H groups in total. The van der Waals surface area contributed by atoms with E-state index in [1.54, 1.807) is 13.1 Å². The van der Waals surface area contributed by atoms with Crippen LogP contribution in [0.5, 0.6) is 0 Å². The van der Waals surface area contributed by atoms with Crippen molar-refractivity contribution < 1.29 is 9.18 Å². The van der Waals surface area contributed by atoms with Gasteiger partial charge in [-0.2, -0.15) is 0 Å². The summed E-state index contributed by atoms with van der Waals surface area (Å²) in [4.78, 5) is 13.8. The molecule has 4 nitrogen and oxygen atoms in total. The number of benzene rings is 1. The van der Waals surface area contributed by atoms with Gasteiger partial charge in [-0.05, 0) is 43.1 Å². The van der Waals surface area contributed by atoms with Crippen LogP contribution < -0.4 is 11.1 Å². The van der Waals surface area contributed by atoms with Crippen molar-refractivity contribution in [1.82, 2.24) is 10.2 Å². The standard InChI is InChI=1S/C14H20FN3O/c1-17-14(19)10-3-2-6-18(8-10)9-11-7-12(15)4-5-13(11)16/h4-5,7,10H,2-3,6,8-9,16H2,1H3,(H,17,19). The van der Waals surface area contributed by atoms with E-state index in [4.69, 9.17) is 5.73 Å². The molecule has 19 heavy (non-hydrogen) atoms. The molecule has 0 saturated carbocycles. The monoisotopic (exact) mass is 265 g/mol. The third-order valence-electron chi connectivity index (χ3n) is 3.62. The van der Waals surface area contributed by atoms with Gasteiger partial charge in [0.25, 0.3) is 0 Å². The average Bonchev–Trinajstić information content (AvgIpc) is 2.42. The summed E-state index contributed by atoms with van der Waals surface area (Å²) >= 11 is 0. The molecule has 0 aromatic heterocycles. The van der Waals surface area contributed by atoms with Gasteiger partial charge in [-0.1, -0.05) is 0 Å². The summed E-state index contributed by atoms with van der Waals surface area (Å²) in [6.45, 7) is 2.22. The number of nitrogen functional groups attached to an aromatic ring is 1. The van der Waals surface area contributed by atoms with Crippen molar-refractivity contribution in [2.24, 2.45) is 5.92 Å². The van der Waals surface area contributed by atoms with Gasteiger partial charge in [0.05, 0.1) is 5.92 Å². The molecular formula is C14H20FN3O. The molecule has 0 aliphatic carbocycles. The molecule has 1 aliphatic rings. The Hall–Kier alpha value is -1.62. The van der Waals surface area contributed by atoms with Crippen LogP contribution in [0.25, 0.3) is 0 Å². The average molecular weight is 265 g/mol. The van der Waals surface area contributed by atoms with Crippen LogP contribution in [0.4, 0.5) is 10.1 Å². The topological polar surface area (TPSA) is 58.4 Å². The van der Waals surface area contributed by atoms with Crippen LogP contribution >= 0.6 is 0 Å². The molecule has 1 aliphatic heterocycles. The Kier molecular flexibility index (Phi) is 4.37. The number of hydrogen-bond acceptors (Lipinski definition) is 3. The second-order valence-electron chi connectivity index (χ2n) is 5.03. The summed E-state index contributed by atoms with van der Waals surface area (Å²) in [7, 11) is 1.66. The van der Waals surface area contributed by atoms with Gasteiger partial charge in [-0.3, -0.25) is 9.69 Å². The van der Waals surface area contributed by atoms with Crippen LogP contribution in [-0.4, -0.2) is 30.9 Å². The number of amides is 1.